The molecule has 1 aliphatic heterocycles. The van der Waals surface area contributed by atoms with Crippen molar-refractivity contribution >= 4 is 16.1 Å². The number of rotatable bonds is 4. The van der Waals surface area contributed by atoms with E-state index in [0.29, 0.717) is 25.1 Å². The standard InChI is InChI=1S/C19H22FN3O3S/c20-18-10-5-4-7-16(18)15-21-19(24)22-11-6-12-23(14-13-22)27(25,26)17-8-2-1-3-9-17/h1-5,7-10H,6,11-15H2,(H,21,24). The van der Waals surface area contributed by atoms with E-state index in [2.05, 4.69) is 5.32 Å². The van der Waals surface area contributed by atoms with E-state index in [4.69, 9.17) is 0 Å². The van der Waals surface area contributed by atoms with Crippen molar-refractivity contribution in [2.45, 2.75) is 17.9 Å². The lowest BCUT2D eigenvalue weighted by atomic mass is 10.2. The molecular weight excluding hydrogens is 369 g/mol. The Bertz CT molecular complexity index is 890. The van der Waals surface area contributed by atoms with Gasteiger partial charge in [-0.05, 0) is 24.6 Å². The topological polar surface area (TPSA) is 69.7 Å². The summed E-state index contributed by atoms with van der Waals surface area (Å²) in [6.07, 6.45) is 0.541. The second kappa shape index (κ2) is 8.49. The van der Waals surface area contributed by atoms with Crippen molar-refractivity contribution in [3.8, 4) is 0 Å². The van der Waals surface area contributed by atoms with Crippen LogP contribution < -0.4 is 5.32 Å². The van der Waals surface area contributed by atoms with Gasteiger partial charge >= 0.3 is 6.03 Å². The Morgan fingerprint density at radius 1 is 0.963 bits per heavy atom. The van der Waals surface area contributed by atoms with E-state index in [1.54, 1.807) is 53.4 Å². The predicted molar refractivity (Wildman–Crippen MR) is 100 cm³/mol. The molecule has 0 atom stereocenters. The molecule has 0 bridgehead atoms. The van der Waals surface area contributed by atoms with E-state index in [1.165, 1.54) is 10.4 Å². The monoisotopic (exact) mass is 391 g/mol. The lowest BCUT2D eigenvalue weighted by Gasteiger charge is -2.22. The molecule has 8 heteroatoms. The molecule has 1 aliphatic rings. The van der Waals surface area contributed by atoms with Crippen molar-refractivity contribution in [2.24, 2.45) is 0 Å². The maximum atomic E-state index is 13.7. The van der Waals surface area contributed by atoms with Crippen LogP contribution in [-0.4, -0.2) is 49.8 Å². The summed E-state index contributed by atoms with van der Waals surface area (Å²) in [5, 5.41) is 2.70. The fraction of sp³-hybridized carbons (Fsp3) is 0.316. The smallest absolute Gasteiger partial charge is 0.317 e. The number of urea groups is 1. The number of nitrogens with zero attached hydrogens (tertiary/aromatic N) is 2. The van der Waals surface area contributed by atoms with Gasteiger partial charge in [0.25, 0.3) is 0 Å². The molecule has 1 saturated heterocycles. The second-order valence-corrected chi connectivity index (χ2v) is 8.25. The van der Waals surface area contributed by atoms with Crippen LogP contribution in [0.25, 0.3) is 0 Å². The molecule has 1 N–H and O–H groups in total. The van der Waals surface area contributed by atoms with Crippen LogP contribution in [0.3, 0.4) is 0 Å². The number of carbonyl (C=O) groups is 1. The Hall–Kier alpha value is -2.45. The van der Waals surface area contributed by atoms with E-state index >= 15 is 0 Å². The zero-order chi connectivity index (χ0) is 19.3. The molecule has 2 amide bonds. The highest BCUT2D eigenvalue weighted by Crippen LogP contribution is 2.17. The Kier molecular flexibility index (Phi) is 6.08. The van der Waals surface area contributed by atoms with Crippen LogP contribution in [0.15, 0.2) is 59.5 Å². The van der Waals surface area contributed by atoms with E-state index in [-0.39, 0.29) is 36.4 Å². The molecule has 144 valence electrons. The highest BCUT2D eigenvalue weighted by Gasteiger charge is 2.28. The van der Waals surface area contributed by atoms with E-state index in [9.17, 15) is 17.6 Å². The fourth-order valence-electron chi connectivity index (χ4n) is 3.00. The zero-order valence-corrected chi connectivity index (χ0v) is 15.7. The van der Waals surface area contributed by atoms with Gasteiger partial charge in [-0.3, -0.25) is 0 Å². The fourth-order valence-corrected chi connectivity index (χ4v) is 4.49. The first-order valence-electron chi connectivity index (χ1n) is 8.80. The van der Waals surface area contributed by atoms with Crippen molar-refractivity contribution in [3.63, 3.8) is 0 Å². The molecule has 0 spiro atoms. The number of hydrogen-bond donors (Lipinski definition) is 1. The van der Waals surface area contributed by atoms with Crippen molar-refractivity contribution in [1.82, 2.24) is 14.5 Å². The zero-order valence-electron chi connectivity index (χ0n) is 14.8. The van der Waals surface area contributed by atoms with Gasteiger partial charge < -0.3 is 10.2 Å². The van der Waals surface area contributed by atoms with E-state index in [1.807, 2.05) is 0 Å². The molecule has 1 heterocycles. The lowest BCUT2D eigenvalue weighted by Crippen LogP contribution is -2.42. The van der Waals surface area contributed by atoms with Crippen LogP contribution in [0, 0.1) is 5.82 Å². The van der Waals surface area contributed by atoms with Crippen LogP contribution in [0.1, 0.15) is 12.0 Å². The summed E-state index contributed by atoms with van der Waals surface area (Å²) in [5.41, 5.74) is 0.411. The molecule has 1 fully saturated rings. The minimum absolute atomic E-state index is 0.0913. The van der Waals surface area contributed by atoms with Crippen molar-refractivity contribution in [2.75, 3.05) is 26.2 Å². The van der Waals surface area contributed by atoms with Gasteiger partial charge in [0.15, 0.2) is 0 Å². The van der Waals surface area contributed by atoms with Crippen LogP contribution in [-0.2, 0) is 16.6 Å². The number of nitrogens with one attached hydrogen (secondary N) is 1. The normalized spacial score (nSPS) is 16.0. The molecule has 27 heavy (non-hydrogen) atoms. The van der Waals surface area contributed by atoms with Crippen molar-refractivity contribution in [1.29, 1.82) is 0 Å². The Labute approximate surface area is 158 Å². The summed E-state index contributed by atoms with van der Waals surface area (Å²) in [6, 6.07) is 14.2. The molecule has 0 aromatic heterocycles. The van der Waals surface area contributed by atoms with Crippen LogP contribution in [0.4, 0.5) is 9.18 Å². The number of halogens is 1. The van der Waals surface area contributed by atoms with Gasteiger partial charge in [-0.25, -0.2) is 17.6 Å². The first kappa shape index (κ1) is 19.3. The molecule has 0 unspecified atom stereocenters. The third kappa shape index (κ3) is 4.64. The van der Waals surface area contributed by atoms with Gasteiger partial charge in [-0.2, -0.15) is 4.31 Å². The number of benzene rings is 2. The second-order valence-electron chi connectivity index (χ2n) is 6.31. The number of carbonyl (C=O) groups excluding carboxylic acids is 1. The van der Waals surface area contributed by atoms with Crippen LogP contribution >= 0.6 is 0 Å². The first-order valence-corrected chi connectivity index (χ1v) is 10.2. The molecule has 0 radical (unpaired) electrons. The Morgan fingerprint density at radius 3 is 2.41 bits per heavy atom. The third-order valence-corrected chi connectivity index (χ3v) is 6.42. The summed E-state index contributed by atoms with van der Waals surface area (Å²) in [7, 11) is -3.57. The molecular formula is C19H22FN3O3S. The first-order chi connectivity index (χ1) is 13.0. The summed E-state index contributed by atoms with van der Waals surface area (Å²) in [6.45, 7) is 1.41. The molecule has 6 nitrogen and oxygen atoms in total. The summed E-state index contributed by atoms with van der Waals surface area (Å²) >= 11 is 0. The minimum atomic E-state index is -3.57. The highest BCUT2D eigenvalue weighted by molar-refractivity contribution is 7.89. The predicted octanol–water partition coefficient (Wildman–Crippen LogP) is 2.43. The maximum absolute atomic E-state index is 13.7. The van der Waals surface area contributed by atoms with Gasteiger partial charge in [0, 0.05) is 38.3 Å². The SMILES string of the molecule is O=C(NCc1ccccc1F)N1CCCN(S(=O)(=O)c2ccccc2)CC1. The molecule has 0 aliphatic carbocycles. The molecule has 2 aromatic rings. The van der Waals surface area contributed by atoms with E-state index < -0.39 is 10.0 Å². The summed E-state index contributed by atoms with van der Waals surface area (Å²) < 4.78 is 40.5. The largest absolute Gasteiger partial charge is 0.334 e. The number of sulfonamides is 1. The minimum Gasteiger partial charge on any atom is -0.334 e. The molecule has 2 aromatic carbocycles. The number of amides is 2. The quantitative estimate of drug-likeness (QED) is 0.870. The van der Waals surface area contributed by atoms with Crippen LogP contribution in [0.2, 0.25) is 0 Å². The van der Waals surface area contributed by atoms with Crippen molar-refractivity contribution in [3.05, 3.63) is 66.0 Å². The van der Waals surface area contributed by atoms with Gasteiger partial charge in [0.2, 0.25) is 10.0 Å². The van der Waals surface area contributed by atoms with Gasteiger partial charge in [0.05, 0.1) is 4.90 Å². The average Bonchev–Trinajstić information content (AvgIpc) is 2.95. The van der Waals surface area contributed by atoms with Gasteiger partial charge in [-0.1, -0.05) is 36.4 Å². The maximum Gasteiger partial charge on any atom is 0.317 e. The highest BCUT2D eigenvalue weighted by atomic mass is 32.2. The summed E-state index contributed by atoms with van der Waals surface area (Å²) in [5.74, 6) is -0.367. The van der Waals surface area contributed by atoms with Crippen molar-refractivity contribution < 1.29 is 17.6 Å². The van der Waals surface area contributed by atoms with Crippen LogP contribution in [0.5, 0.6) is 0 Å². The third-order valence-electron chi connectivity index (χ3n) is 4.51. The molecule has 0 saturated carbocycles. The average molecular weight is 391 g/mol. The summed E-state index contributed by atoms with van der Waals surface area (Å²) in [4.78, 5) is 14.2. The van der Waals surface area contributed by atoms with Gasteiger partial charge in [0.1, 0.15) is 5.82 Å². The number of hydrogen-bond acceptors (Lipinski definition) is 3. The Balaban J connectivity index is 1.59. The Morgan fingerprint density at radius 2 is 1.67 bits per heavy atom. The lowest BCUT2D eigenvalue weighted by molar-refractivity contribution is 0.200. The van der Waals surface area contributed by atoms with E-state index in [0.717, 1.165) is 0 Å². The van der Waals surface area contributed by atoms with Gasteiger partial charge in [-0.15, -0.1) is 0 Å². The molecule has 3 rings (SSSR count).